The van der Waals surface area contributed by atoms with Crippen LogP contribution in [0.4, 0.5) is 38.1 Å². The molecule has 8 nitrogen and oxygen atoms in total. The van der Waals surface area contributed by atoms with Crippen molar-refractivity contribution < 1.29 is 36.2 Å². The maximum absolute atomic E-state index is 14.4. The third kappa shape index (κ3) is 4.66. The lowest BCUT2D eigenvalue weighted by molar-refractivity contribution is -0.0145. The first-order chi connectivity index (χ1) is 14.6. The van der Waals surface area contributed by atoms with Crippen molar-refractivity contribution in [1.29, 1.82) is 0 Å². The van der Waals surface area contributed by atoms with Crippen LogP contribution in [0.2, 0.25) is 0 Å². The number of nitrogens with zero attached hydrogens (tertiary/aromatic N) is 2. The Bertz CT molecular complexity index is 1020. The third-order valence-corrected chi connectivity index (χ3v) is 4.30. The van der Waals surface area contributed by atoms with Crippen LogP contribution in [0.25, 0.3) is 0 Å². The number of aliphatic imine (C=N–C) groups is 1. The number of nitrogens with two attached hydrogens (primary N) is 2. The number of hydrogen-bond acceptors (Lipinski definition) is 7. The van der Waals surface area contributed by atoms with Gasteiger partial charge in [0.1, 0.15) is 18.3 Å². The number of nitrogens with one attached hydrogen (secondary N) is 1. The highest BCUT2D eigenvalue weighted by Gasteiger charge is 2.46. The Hall–Kier alpha value is -3.48. The molecule has 0 unspecified atom stereocenters. The molecule has 1 aliphatic heterocycles. The molecule has 0 spiro atoms. The summed E-state index contributed by atoms with van der Waals surface area (Å²) in [4.78, 5) is 19.3. The topological polar surface area (TPSA) is 125 Å². The van der Waals surface area contributed by atoms with E-state index in [1.165, 1.54) is 0 Å². The molecule has 0 saturated carbocycles. The molecule has 1 amide bonds. The van der Waals surface area contributed by atoms with Crippen molar-refractivity contribution in [3.8, 4) is 5.88 Å². The number of carbonyl (C=O) groups excluding carboxylic acids is 1. The Morgan fingerprint density at radius 2 is 1.97 bits per heavy atom. The number of amidine groups is 1. The zero-order valence-electron chi connectivity index (χ0n) is 15.6. The normalized spacial score (nSPS) is 18.7. The van der Waals surface area contributed by atoms with E-state index in [2.05, 4.69) is 15.3 Å². The van der Waals surface area contributed by atoms with Crippen LogP contribution < -0.4 is 21.5 Å². The molecule has 5 N–H and O–H groups in total. The van der Waals surface area contributed by atoms with E-state index < -0.39 is 53.9 Å². The number of benzene rings is 1. The average molecular weight is 445 g/mol. The van der Waals surface area contributed by atoms with Gasteiger partial charge in [-0.1, -0.05) is 0 Å². The molecule has 0 saturated heterocycles. The summed E-state index contributed by atoms with van der Waals surface area (Å²) in [5.41, 5.74) is 7.16. The second-order valence-corrected chi connectivity index (χ2v) is 6.49. The number of anilines is 2. The Morgan fingerprint density at radius 1 is 1.23 bits per heavy atom. The molecule has 0 fully saturated rings. The fourth-order valence-corrected chi connectivity index (χ4v) is 2.86. The fraction of sp³-hybridized carbons (Fsp3) is 0.278. The number of ether oxygens (including phenoxy) is 2. The van der Waals surface area contributed by atoms with Crippen LogP contribution in [0, 0.1) is 5.82 Å². The predicted octanol–water partition coefficient (Wildman–Crippen LogP) is 3.20. The largest absolute Gasteiger partial charge is 0.418 e. The van der Waals surface area contributed by atoms with Crippen molar-refractivity contribution in [2.45, 2.75) is 18.4 Å². The quantitative estimate of drug-likeness (QED) is 0.607. The van der Waals surface area contributed by atoms with Gasteiger partial charge in [0.25, 0.3) is 12.9 Å². The molecule has 31 heavy (non-hydrogen) atoms. The van der Waals surface area contributed by atoms with Crippen LogP contribution >= 0.6 is 0 Å². The van der Waals surface area contributed by atoms with Crippen molar-refractivity contribution in [3.63, 3.8) is 0 Å². The highest BCUT2D eigenvalue weighted by molar-refractivity contribution is 5.87. The summed E-state index contributed by atoms with van der Waals surface area (Å²) in [6.07, 6.45) is -6.38. The zero-order valence-corrected chi connectivity index (χ0v) is 15.6. The van der Waals surface area contributed by atoms with Crippen LogP contribution in [-0.4, -0.2) is 36.6 Å². The molecule has 3 rings (SSSR count). The smallest absolute Gasteiger partial charge is 0.394 e. The van der Waals surface area contributed by atoms with Crippen molar-refractivity contribution in [3.05, 3.63) is 47.4 Å². The van der Waals surface area contributed by atoms with Crippen LogP contribution in [0.1, 0.15) is 17.6 Å². The molecule has 0 bridgehead atoms. The van der Waals surface area contributed by atoms with Crippen molar-refractivity contribution in [1.82, 2.24) is 4.98 Å². The Kier molecular flexibility index (Phi) is 6.24. The third-order valence-electron chi connectivity index (χ3n) is 4.30. The molecular weight excluding hydrogens is 429 g/mol. The minimum atomic E-state index is -3.17. The standard InChI is InChI=1S/C18H16F5N5O3/c19-11-2-1-9(4-10(11)18(16(22)23)7-30-6-13(25)28-18)27-17(29)31-15-12(24)3-8(5-26-15)14(20)21/h1-5,14,16H,6-7,24H2,(H2,25,28)(H,27,29)/t18-/m0/s1. The molecule has 1 aromatic heterocycles. The van der Waals surface area contributed by atoms with Crippen LogP contribution in [0.5, 0.6) is 5.88 Å². The van der Waals surface area contributed by atoms with E-state index >= 15 is 0 Å². The van der Waals surface area contributed by atoms with Crippen molar-refractivity contribution in [2.75, 3.05) is 24.3 Å². The van der Waals surface area contributed by atoms with Gasteiger partial charge in [-0.15, -0.1) is 0 Å². The summed E-state index contributed by atoms with van der Waals surface area (Å²) in [6.45, 7) is -0.813. The maximum Gasteiger partial charge on any atom is 0.418 e. The molecule has 166 valence electrons. The number of nitrogen functional groups attached to an aromatic ring is 1. The minimum Gasteiger partial charge on any atom is -0.394 e. The van der Waals surface area contributed by atoms with E-state index in [1.807, 2.05) is 0 Å². The summed E-state index contributed by atoms with van der Waals surface area (Å²) in [5, 5.41) is 2.19. The van der Waals surface area contributed by atoms with Gasteiger partial charge in [0, 0.05) is 23.0 Å². The first-order valence-corrected chi connectivity index (χ1v) is 8.65. The Balaban J connectivity index is 1.84. The van der Waals surface area contributed by atoms with Crippen molar-refractivity contribution >= 4 is 23.3 Å². The number of rotatable bonds is 5. The number of halogens is 5. The van der Waals surface area contributed by atoms with Gasteiger partial charge < -0.3 is 20.9 Å². The number of carbonyl (C=O) groups is 1. The van der Waals surface area contributed by atoms with Gasteiger partial charge >= 0.3 is 6.09 Å². The fourth-order valence-electron chi connectivity index (χ4n) is 2.86. The monoisotopic (exact) mass is 445 g/mol. The number of hydrogen-bond donors (Lipinski definition) is 3. The highest BCUT2D eigenvalue weighted by atomic mass is 19.3. The lowest BCUT2D eigenvalue weighted by atomic mass is 9.90. The van der Waals surface area contributed by atoms with Gasteiger partial charge in [-0.2, -0.15) is 0 Å². The highest BCUT2D eigenvalue weighted by Crippen LogP contribution is 2.38. The first kappa shape index (κ1) is 22.2. The van der Waals surface area contributed by atoms with Crippen LogP contribution in [0.3, 0.4) is 0 Å². The van der Waals surface area contributed by atoms with Gasteiger partial charge in [-0.05, 0) is 24.3 Å². The van der Waals surface area contributed by atoms with E-state index in [1.54, 1.807) is 0 Å². The molecule has 2 heterocycles. The number of aromatic nitrogens is 1. The molecule has 0 radical (unpaired) electrons. The minimum absolute atomic E-state index is 0.122. The van der Waals surface area contributed by atoms with Gasteiger partial charge in [-0.25, -0.2) is 31.7 Å². The van der Waals surface area contributed by atoms with E-state index in [4.69, 9.17) is 20.9 Å². The molecule has 0 aliphatic carbocycles. The summed E-state index contributed by atoms with van der Waals surface area (Å²) >= 11 is 0. The number of pyridine rings is 1. The van der Waals surface area contributed by atoms with E-state index in [0.717, 1.165) is 30.5 Å². The second-order valence-electron chi connectivity index (χ2n) is 6.49. The molecule has 2 aromatic rings. The number of amides is 1. The van der Waals surface area contributed by atoms with E-state index in [-0.39, 0.29) is 23.8 Å². The van der Waals surface area contributed by atoms with Gasteiger partial charge in [0.05, 0.1) is 12.3 Å². The summed E-state index contributed by atoms with van der Waals surface area (Å²) < 4.78 is 77.2. The van der Waals surface area contributed by atoms with E-state index in [9.17, 15) is 26.7 Å². The Morgan fingerprint density at radius 3 is 2.58 bits per heavy atom. The SMILES string of the molecule is NC1=N[C@@](c2cc(NC(=O)Oc3ncc(C(F)F)cc3N)ccc2F)(C(F)F)COC1. The van der Waals surface area contributed by atoms with E-state index in [0.29, 0.717) is 0 Å². The summed E-state index contributed by atoms with van der Waals surface area (Å²) in [5.74, 6) is -1.71. The lowest BCUT2D eigenvalue weighted by Gasteiger charge is -2.33. The molecule has 1 atom stereocenters. The number of alkyl halides is 4. The lowest BCUT2D eigenvalue weighted by Crippen LogP contribution is -2.45. The second kappa shape index (κ2) is 8.71. The first-order valence-electron chi connectivity index (χ1n) is 8.65. The molecular formula is C18H16F5N5O3. The Labute approximate surface area is 172 Å². The van der Waals surface area contributed by atoms with Gasteiger partial charge in [-0.3, -0.25) is 10.3 Å². The zero-order chi connectivity index (χ0) is 22.8. The van der Waals surface area contributed by atoms with Crippen molar-refractivity contribution in [2.24, 2.45) is 10.7 Å². The van der Waals surface area contributed by atoms with Crippen LogP contribution in [-0.2, 0) is 10.3 Å². The predicted molar refractivity (Wildman–Crippen MR) is 99.8 cm³/mol. The van der Waals surface area contributed by atoms with Gasteiger partial charge in [0.2, 0.25) is 5.88 Å². The maximum atomic E-state index is 14.4. The summed E-state index contributed by atoms with van der Waals surface area (Å²) in [6, 6.07) is 3.76. The molecule has 1 aliphatic rings. The molecule has 1 aromatic carbocycles. The van der Waals surface area contributed by atoms with Gasteiger partial charge in [0.15, 0.2) is 5.54 Å². The summed E-state index contributed by atoms with van der Waals surface area (Å²) in [7, 11) is 0. The average Bonchev–Trinajstić information content (AvgIpc) is 2.70. The van der Waals surface area contributed by atoms with Crippen LogP contribution in [0.15, 0.2) is 35.5 Å². The molecule has 13 heteroatoms.